The molecular formula is C71H54N2. The predicted molar refractivity (Wildman–Crippen MR) is 308 cm³/mol. The van der Waals surface area contributed by atoms with Crippen LogP contribution in [0, 0.1) is 0 Å². The van der Waals surface area contributed by atoms with Crippen LogP contribution in [0.15, 0.2) is 273 Å². The summed E-state index contributed by atoms with van der Waals surface area (Å²) >= 11 is 0. The van der Waals surface area contributed by atoms with Gasteiger partial charge in [0, 0.05) is 32.9 Å². The minimum Gasteiger partial charge on any atom is -0.309 e. The molecule has 0 spiro atoms. The van der Waals surface area contributed by atoms with Crippen LogP contribution in [0.5, 0.6) is 0 Å². The molecule has 0 atom stereocenters. The Morgan fingerprint density at radius 1 is 0.233 bits per heavy atom. The van der Waals surface area contributed by atoms with Crippen molar-refractivity contribution in [2.75, 3.05) is 0 Å². The highest BCUT2D eigenvalue weighted by Gasteiger charge is 2.38. The van der Waals surface area contributed by atoms with Crippen molar-refractivity contribution in [2.45, 2.75) is 31.6 Å². The number of rotatable bonds is 9. The SMILES string of the molecule is CC(C)(C)c1ccc2c(c1)c1cc(C(c3ccccc3)(c3ccccc3)c3ccccc3)ccc1n2-c1ccc(-c2ccc(-n3c4ccc(-c5ccccc5)cc4c4cc(-c5ccccc5)ccc43)cc2)cc1. The van der Waals surface area contributed by atoms with Crippen molar-refractivity contribution in [3.8, 4) is 44.8 Å². The lowest BCUT2D eigenvalue weighted by Crippen LogP contribution is -2.30. The first-order valence-corrected chi connectivity index (χ1v) is 25.5. The van der Waals surface area contributed by atoms with Gasteiger partial charge in [-0.2, -0.15) is 0 Å². The quantitative estimate of drug-likeness (QED) is 0.128. The van der Waals surface area contributed by atoms with E-state index in [4.69, 9.17) is 0 Å². The van der Waals surface area contributed by atoms with Crippen molar-refractivity contribution in [1.29, 1.82) is 0 Å². The molecule has 0 N–H and O–H groups in total. The standard InChI is InChI=1S/C71H54N2/c1-70(2,3)58-35-43-68-64(47-58)65-48-59(71(55-23-13-6-14-24-55,56-25-15-7-16-26-56)57-27-17-8-18-28-57)36-44-69(65)73(68)61-39-31-52(32-40-61)51-29-37-60(38-30-51)72-66-41-33-53(49-19-9-4-10-20-49)45-62(66)63-46-54(34-42-67(63)72)50-21-11-5-12-22-50/h4-48H,1-3H3. The van der Waals surface area contributed by atoms with E-state index in [-0.39, 0.29) is 5.41 Å². The minimum atomic E-state index is -0.551. The fraction of sp³-hybridized carbons (Fsp3) is 0.0704. The van der Waals surface area contributed by atoms with Gasteiger partial charge in [-0.3, -0.25) is 0 Å². The second-order valence-electron chi connectivity index (χ2n) is 20.5. The molecule has 0 aliphatic carbocycles. The summed E-state index contributed by atoms with van der Waals surface area (Å²) in [6, 6.07) is 101. The first-order valence-electron chi connectivity index (χ1n) is 25.5. The zero-order valence-corrected chi connectivity index (χ0v) is 41.4. The number of benzene rings is 11. The Labute approximate surface area is 427 Å². The Kier molecular flexibility index (Phi) is 10.7. The molecule has 2 aromatic heterocycles. The van der Waals surface area contributed by atoms with Gasteiger partial charge in [-0.05, 0) is 139 Å². The van der Waals surface area contributed by atoms with Gasteiger partial charge in [0.2, 0.25) is 0 Å². The summed E-state index contributed by atoms with van der Waals surface area (Å²) in [5.74, 6) is 0. The first kappa shape index (κ1) is 44.0. The maximum Gasteiger partial charge on any atom is 0.0701 e. The molecule has 0 aliphatic rings. The van der Waals surface area contributed by atoms with Gasteiger partial charge in [0.1, 0.15) is 0 Å². The largest absolute Gasteiger partial charge is 0.309 e. The summed E-state index contributed by atoms with van der Waals surface area (Å²) in [4.78, 5) is 0. The van der Waals surface area contributed by atoms with Crippen molar-refractivity contribution in [3.63, 3.8) is 0 Å². The zero-order valence-electron chi connectivity index (χ0n) is 41.4. The van der Waals surface area contributed by atoms with Gasteiger partial charge in [-0.1, -0.05) is 221 Å². The third kappa shape index (κ3) is 7.49. The van der Waals surface area contributed by atoms with E-state index in [2.05, 4.69) is 303 Å². The normalized spacial score (nSPS) is 12.0. The van der Waals surface area contributed by atoms with E-state index in [0.29, 0.717) is 0 Å². The Morgan fingerprint density at radius 3 is 0.890 bits per heavy atom. The molecule has 2 heterocycles. The second kappa shape index (κ2) is 17.7. The highest BCUT2D eigenvalue weighted by molar-refractivity contribution is 6.12. The average Bonchev–Trinajstić information content (AvgIpc) is 3.96. The van der Waals surface area contributed by atoms with E-state index in [1.165, 1.54) is 105 Å². The van der Waals surface area contributed by atoms with Crippen LogP contribution in [0.25, 0.3) is 88.4 Å². The van der Waals surface area contributed by atoms with Gasteiger partial charge in [0.05, 0.1) is 27.5 Å². The van der Waals surface area contributed by atoms with Crippen LogP contribution in [-0.4, -0.2) is 9.13 Å². The average molecular weight is 935 g/mol. The first-order chi connectivity index (χ1) is 35.8. The Hall–Kier alpha value is -8.98. The van der Waals surface area contributed by atoms with Crippen LogP contribution in [0.3, 0.4) is 0 Å². The fourth-order valence-electron chi connectivity index (χ4n) is 11.6. The molecule has 0 aliphatic heterocycles. The van der Waals surface area contributed by atoms with Crippen molar-refractivity contribution < 1.29 is 0 Å². The lowest BCUT2D eigenvalue weighted by atomic mass is 9.65. The Balaban J connectivity index is 0.913. The molecule has 2 heteroatoms. The molecule has 0 amide bonds. The lowest BCUT2D eigenvalue weighted by molar-refractivity contribution is 0.591. The van der Waals surface area contributed by atoms with E-state index in [9.17, 15) is 0 Å². The third-order valence-corrected chi connectivity index (χ3v) is 15.2. The molecule has 13 aromatic rings. The van der Waals surface area contributed by atoms with Crippen molar-refractivity contribution >= 4 is 43.6 Å². The number of hydrogen-bond donors (Lipinski definition) is 0. The number of hydrogen-bond acceptors (Lipinski definition) is 0. The van der Waals surface area contributed by atoms with Gasteiger partial charge in [0.15, 0.2) is 0 Å². The number of aromatic nitrogens is 2. The van der Waals surface area contributed by atoms with Crippen molar-refractivity contribution in [2.24, 2.45) is 0 Å². The van der Waals surface area contributed by atoms with E-state index in [0.717, 1.165) is 11.4 Å². The highest BCUT2D eigenvalue weighted by atomic mass is 15.0. The highest BCUT2D eigenvalue weighted by Crippen LogP contribution is 2.47. The molecule has 0 radical (unpaired) electrons. The minimum absolute atomic E-state index is 0.0152. The monoisotopic (exact) mass is 934 g/mol. The summed E-state index contributed by atoms with van der Waals surface area (Å²) < 4.78 is 4.88. The van der Waals surface area contributed by atoms with E-state index in [1.807, 2.05) is 0 Å². The number of fused-ring (bicyclic) bond motifs is 6. The topological polar surface area (TPSA) is 9.86 Å². The van der Waals surface area contributed by atoms with Gasteiger partial charge in [0.25, 0.3) is 0 Å². The fourth-order valence-corrected chi connectivity index (χ4v) is 11.6. The lowest BCUT2D eigenvalue weighted by Gasteiger charge is -2.37. The predicted octanol–water partition coefficient (Wildman–Crippen LogP) is 18.6. The smallest absolute Gasteiger partial charge is 0.0701 e. The molecule has 73 heavy (non-hydrogen) atoms. The molecular weight excluding hydrogens is 881 g/mol. The summed E-state index contributed by atoms with van der Waals surface area (Å²) in [5.41, 5.74) is 19.9. The van der Waals surface area contributed by atoms with Crippen LogP contribution in [0.4, 0.5) is 0 Å². The molecule has 0 bridgehead atoms. The maximum absolute atomic E-state index is 2.48. The molecule has 13 rings (SSSR count). The summed E-state index contributed by atoms with van der Waals surface area (Å²) in [5, 5.41) is 4.98. The molecule has 2 nitrogen and oxygen atoms in total. The van der Waals surface area contributed by atoms with E-state index >= 15 is 0 Å². The van der Waals surface area contributed by atoms with Crippen LogP contribution < -0.4 is 0 Å². The van der Waals surface area contributed by atoms with Gasteiger partial charge in [-0.25, -0.2) is 0 Å². The number of nitrogens with zero attached hydrogens (tertiary/aromatic N) is 2. The maximum atomic E-state index is 2.48. The van der Waals surface area contributed by atoms with Gasteiger partial charge in [-0.15, -0.1) is 0 Å². The van der Waals surface area contributed by atoms with Crippen molar-refractivity contribution in [3.05, 3.63) is 301 Å². The van der Waals surface area contributed by atoms with Gasteiger partial charge >= 0.3 is 0 Å². The molecule has 0 unspecified atom stereocenters. The molecule has 0 fully saturated rings. The summed E-state index contributed by atoms with van der Waals surface area (Å²) in [7, 11) is 0. The summed E-state index contributed by atoms with van der Waals surface area (Å²) in [6.45, 7) is 6.92. The van der Waals surface area contributed by atoms with Crippen LogP contribution in [0.2, 0.25) is 0 Å². The molecule has 0 saturated carbocycles. The van der Waals surface area contributed by atoms with Gasteiger partial charge < -0.3 is 9.13 Å². The van der Waals surface area contributed by atoms with E-state index in [1.54, 1.807) is 0 Å². The van der Waals surface area contributed by atoms with Crippen LogP contribution in [0.1, 0.15) is 48.6 Å². The Morgan fingerprint density at radius 2 is 0.521 bits per heavy atom. The van der Waals surface area contributed by atoms with Crippen LogP contribution >= 0.6 is 0 Å². The van der Waals surface area contributed by atoms with Crippen molar-refractivity contribution in [1.82, 2.24) is 9.13 Å². The summed E-state index contributed by atoms with van der Waals surface area (Å²) in [6.07, 6.45) is 0. The molecule has 0 saturated heterocycles. The zero-order chi connectivity index (χ0) is 49.1. The third-order valence-electron chi connectivity index (χ3n) is 15.2. The Bertz CT molecular complexity index is 3910. The van der Waals surface area contributed by atoms with Crippen LogP contribution in [-0.2, 0) is 10.8 Å². The molecule has 11 aromatic carbocycles. The second-order valence-corrected chi connectivity index (χ2v) is 20.5. The molecule has 348 valence electrons. The van der Waals surface area contributed by atoms with E-state index < -0.39 is 5.41 Å².